The molecule has 1 N–H and O–H groups in total. The van der Waals surface area contributed by atoms with Crippen molar-refractivity contribution in [1.29, 1.82) is 0 Å². The fourth-order valence-corrected chi connectivity index (χ4v) is 4.89. The average molecular weight is 474 g/mol. The Morgan fingerprint density at radius 2 is 1.69 bits per heavy atom. The number of ether oxygens (including phenoxy) is 1. The third kappa shape index (κ3) is 3.73. The molecule has 0 atom stereocenters. The van der Waals surface area contributed by atoms with Crippen molar-refractivity contribution >= 4 is 28.5 Å². The third-order valence-electron chi connectivity index (χ3n) is 6.61. The number of aromatic carboxylic acids is 1. The molecule has 0 unspecified atom stereocenters. The van der Waals surface area contributed by atoms with Gasteiger partial charge in [-0.2, -0.15) is 5.10 Å². The van der Waals surface area contributed by atoms with Crippen LogP contribution >= 0.6 is 0 Å². The van der Waals surface area contributed by atoms with Crippen LogP contribution in [0.1, 0.15) is 33.6 Å². The van der Waals surface area contributed by atoms with Crippen LogP contribution in [-0.2, 0) is 6.42 Å². The summed E-state index contributed by atoms with van der Waals surface area (Å²) in [5.74, 6) is -0.134. The molecular formula is C30H23N3O3. The third-order valence-corrected chi connectivity index (χ3v) is 6.61. The maximum Gasteiger partial charge on any atom is 0.336 e. The summed E-state index contributed by atoms with van der Waals surface area (Å²) in [6.45, 7) is 0. The van der Waals surface area contributed by atoms with Gasteiger partial charge in [0.2, 0.25) is 0 Å². The van der Waals surface area contributed by atoms with Gasteiger partial charge in [0.1, 0.15) is 5.75 Å². The minimum atomic E-state index is -0.915. The largest absolute Gasteiger partial charge is 0.497 e. The highest BCUT2D eigenvalue weighted by Crippen LogP contribution is 2.38. The lowest BCUT2D eigenvalue weighted by Gasteiger charge is -2.09. The molecule has 0 fully saturated rings. The fraction of sp³-hybridized carbons (Fsp3) is 0.100. The number of pyridine rings is 1. The van der Waals surface area contributed by atoms with Crippen molar-refractivity contribution in [2.75, 3.05) is 7.11 Å². The number of allylic oxidation sites excluding steroid dienone is 1. The number of rotatable bonds is 5. The Bertz CT molecular complexity index is 1630. The van der Waals surface area contributed by atoms with Crippen molar-refractivity contribution in [1.82, 2.24) is 14.8 Å². The lowest BCUT2D eigenvalue weighted by Crippen LogP contribution is -2.05. The number of fused-ring (bicyclic) bond motifs is 2. The van der Waals surface area contributed by atoms with Gasteiger partial charge < -0.3 is 9.84 Å². The van der Waals surface area contributed by atoms with E-state index in [0.717, 1.165) is 51.5 Å². The summed E-state index contributed by atoms with van der Waals surface area (Å²) in [5, 5.41) is 15.6. The van der Waals surface area contributed by atoms with E-state index in [0.29, 0.717) is 22.9 Å². The Morgan fingerprint density at radius 1 is 0.944 bits per heavy atom. The van der Waals surface area contributed by atoms with E-state index in [1.54, 1.807) is 7.11 Å². The average Bonchev–Trinajstić information content (AvgIpc) is 3.52. The molecule has 5 aromatic rings. The van der Waals surface area contributed by atoms with Crippen LogP contribution in [0.15, 0.2) is 85.1 Å². The van der Waals surface area contributed by atoms with Crippen LogP contribution in [0.3, 0.4) is 0 Å². The van der Waals surface area contributed by atoms with Gasteiger partial charge in [-0.3, -0.25) is 0 Å². The van der Waals surface area contributed by atoms with E-state index in [4.69, 9.17) is 14.8 Å². The number of benzene rings is 3. The Balaban J connectivity index is 1.52. The molecule has 0 saturated carbocycles. The molecule has 6 rings (SSSR count). The van der Waals surface area contributed by atoms with Crippen molar-refractivity contribution < 1.29 is 14.6 Å². The zero-order valence-corrected chi connectivity index (χ0v) is 19.7. The standard InChI is InChI=1S/C30H23N3O3/c1-36-23-14-11-19(12-15-23)28-21(18-33(32-28)22-7-3-2-4-8-22)17-20-13-16-25-27(30(34)35)24-9-5-6-10-26(24)31-29(20)25/h2-12,14-15,17-18H,13,16H2,1H3,(H,34,35)/b20-17-. The highest BCUT2D eigenvalue weighted by Gasteiger charge is 2.27. The van der Waals surface area contributed by atoms with Crippen LogP contribution in [0.5, 0.6) is 5.75 Å². The first-order valence-corrected chi connectivity index (χ1v) is 11.8. The molecule has 176 valence electrons. The van der Waals surface area contributed by atoms with E-state index in [2.05, 4.69) is 6.08 Å². The predicted octanol–water partition coefficient (Wildman–Crippen LogP) is 6.28. The molecule has 2 heterocycles. The molecule has 36 heavy (non-hydrogen) atoms. The highest BCUT2D eigenvalue weighted by atomic mass is 16.5. The summed E-state index contributed by atoms with van der Waals surface area (Å²) in [7, 11) is 1.65. The number of carbonyl (C=O) groups is 1. The molecular weight excluding hydrogens is 450 g/mol. The fourth-order valence-electron chi connectivity index (χ4n) is 4.89. The Kier molecular flexibility index (Phi) is 5.34. The number of nitrogens with zero attached hydrogens (tertiary/aromatic N) is 3. The van der Waals surface area contributed by atoms with Crippen molar-refractivity contribution in [2.45, 2.75) is 12.8 Å². The van der Waals surface area contributed by atoms with Gasteiger partial charge in [-0.15, -0.1) is 0 Å². The molecule has 3 aromatic carbocycles. The number of para-hydroxylation sites is 2. The van der Waals surface area contributed by atoms with Crippen molar-refractivity contribution in [3.8, 4) is 22.7 Å². The lowest BCUT2D eigenvalue weighted by atomic mass is 10.0. The first-order chi connectivity index (χ1) is 17.6. The summed E-state index contributed by atoms with van der Waals surface area (Å²) in [6, 6.07) is 25.3. The maximum atomic E-state index is 12.2. The molecule has 2 aromatic heterocycles. The van der Waals surface area contributed by atoms with Crippen LogP contribution in [0.25, 0.3) is 39.5 Å². The molecule has 0 spiro atoms. The molecule has 1 aliphatic carbocycles. The minimum absolute atomic E-state index is 0.356. The number of methoxy groups -OCH3 is 1. The second-order valence-corrected chi connectivity index (χ2v) is 8.75. The van der Waals surface area contributed by atoms with Gasteiger partial charge in [-0.25, -0.2) is 14.5 Å². The van der Waals surface area contributed by atoms with Crippen LogP contribution in [0.4, 0.5) is 0 Å². The van der Waals surface area contributed by atoms with E-state index in [-0.39, 0.29) is 0 Å². The summed E-state index contributed by atoms with van der Waals surface area (Å²) in [6.07, 6.45) is 5.48. The SMILES string of the molecule is COc1ccc(-c2nn(-c3ccccc3)cc2/C=C2/CCc3c2nc2ccccc2c3C(=O)O)cc1. The molecule has 6 nitrogen and oxygen atoms in total. The topological polar surface area (TPSA) is 77.2 Å². The second-order valence-electron chi connectivity index (χ2n) is 8.75. The van der Waals surface area contributed by atoms with Gasteiger partial charge in [-0.1, -0.05) is 36.4 Å². The summed E-state index contributed by atoms with van der Waals surface area (Å²) < 4.78 is 7.20. The monoisotopic (exact) mass is 473 g/mol. The Morgan fingerprint density at radius 3 is 2.44 bits per heavy atom. The van der Waals surface area contributed by atoms with E-state index in [1.165, 1.54) is 0 Å². The van der Waals surface area contributed by atoms with Crippen LogP contribution in [0, 0.1) is 0 Å². The highest BCUT2D eigenvalue weighted by molar-refractivity contribution is 6.06. The normalized spacial score (nSPS) is 13.8. The molecule has 6 heteroatoms. The van der Waals surface area contributed by atoms with E-state index in [9.17, 15) is 9.90 Å². The minimum Gasteiger partial charge on any atom is -0.497 e. The van der Waals surface area contributed by atoms with Gasteiger partial charge in [-0.05, 0) is 72.5 Å². The number of hydrogen-bond acceptors (Lipinski definition) is 4. The zero-order valence-electron chi connectivity index (χ0n) is 19.7. The second kappa shape index (κ2) is 8.82. The lowest BCUT2D eigenvalue weighted by molar-refractivity contribution is 0.0698. The molecule has 1 aliphatic rings. The zero-order chi connectivity index (χ0) is 24.6. The Labute approximate surface area is 208 Å². The van der Waals surface area contributed by atoms with Gasteiger partial charge >= 0.3 is 5.97 Å². The van der Waals surface area contributed by atoms with Crippen molar-refractivity contribution in [3.05, 3.63) is 107 Å². The number of hydrogen-bond donors (Lipinski definition) is 1. The van der Waals surface area contributed by atoms with Gasteiger partial charge in [0.05, 0.1) is 35.3 Å². The van der Waals surface area contributed by atoms with Gasteiger partial charge in [0, 0.05) is 22.7 Å². The van der Waals surface area contributed by atoms with Gasteiger partial charge in [0.15, 0.2) is 0 Å². The number of aromatic nitrogens is 3. The number of carboxylic acids is 1. The van der Waals surface area contributed by atoms with Crippen molar-refractivity contribution in [3.63, 3.8) is 0 Å². The first-order valence-electron chi connectivity index (χ1n) is 11.8. The summed E-state index contributed by atoms with van der Waals surface area (Å²) in [5.41, 5.74) is 7.33. The molecule has 0 aliphatic heterocycles. The van der Waals surface area contributed by atoms with Crippen LogP contribution < -0.4 is 4.74 Å². The van der Waals surface area contributed by atoms with E-state index < -0.39 is 5.97 Å². The molecule has 0 saturated heterocycles. The summed E-state index contributed by atoms with van der Waals surface area (Å²) >= 11 is 0. The maximum absolute atomic E-state index is 12.2. The number of carboxylic acid groups (broad SMARTS) is 1. The van der Waals surface area contributed by atoms with Crippen molar-refractivity contribution in [2.24, 2.45) is 0 Å². The van der Waals surface area contributed by atoms with Crippen LogP contribution in [-0.4, -0.2) is 33.0 Å². The van der Waals surface area contributed by atoms with E-state index >= 15 is 0 Å². The Hall–Kier alpha value is -4.71. The molecule has 0 amide bonds. The molecule has 0 bridgehead atoms. The smallest absolute Gasteiger partial charge is 0.336 e. The first kappa shape index (κ1) is 21.8. The van der Waals surface area contributed by atoms with Gasteiger partial charge in [0.25, 0.3) is 0 Å². The van der Waals surface area contributed by atoms with Crippen LogP contribution in [0.2, 0.25) is 0 Å². The molecule has 0 radical (unpaired) electrons. The summed E-state index contributed by atoms with van der Waals surface area (Å²) in [4.78, 5) is 17.1. The predicted molar refractivity (Wildman–Crippen MR) is 140 cm³/mol. The van der Waals surface area contributed by atoms with E-state index in [1.807, 2.05) is 89.7 Å². The quantitative estimate of drug-likeness (QED) is 0.325.